The number of pyridine rings is 1. The van der Waals surface area contributed by atoms with Crippen LogP contribution in [0, 0.1) is 6.92 Å². The molecule has 2 aromatic rings. The summed E-state index contributed by atoms with van der Waals surface area (Å²) in [6, 6.07) is 12.5. The van der Waals surface area contributed by atoms with E-state index in [0.717, 1.165) is 26.2 Å². The van der Waals surface area contributed by atoms with Crippen molar-refractivity contribution in [3.05, 3.63) is 48.2 Å². The van der Waals surface area contributed by atoms with Gasteiger partial charge in [0.15, 0.2) is 0 Å². The Balaban J connectivity index is 1.69. The molecule has 0 atom stereocenters. The van der Waals surface area contributed by atoms with Crippen LogP contribution in [0.4, 0.5) is 17.2 Å². The lowest BCUT2D eigenvalue weighted by Gasteiger charge is -2.37. The number of nitrogens with two attached hydrogens (primary N) is 1. The number of aryl methyl sites for hydroxylation is 1. The number of nitrogens with zero attached hydrogens (tertiary/aromatic N) is 3. The summed E-state index contributed by atoms with van der Waals surface area (Å²) in [6.45, 7) is 6.20. The molecule has 1 fully saturated rings. The molecular formula is C16H20N4. The number of aromatic nitrogens is 1. The van der Waals surface area contributed by atoms with Crippen molar-refractivity contribution in [2.75, 3.05) is 41.7 Å². The standard InChI is InChI=1S/C16H20N4/c1-13-11-16(17)18-12-15(13)20-9-7-19(8-10-20)14-5-3-2-4-6-14/h2-6,11-12H,7-10H2,1H3,(H2,17,18). The molecule has 4 heteroatoms. The van der Waals surface area contributed by atoms with Crippen LogP contribution in [0.15, 0.2) is 42.6 Å². The fraction of sp³-hybridized carbons (Fsp3) is 0.312. The van der Waals surface area contributed by atoms with E-state index in [9.17, 15) is 0 Å². The fourth-order valence-electron chi connectivity index (χ4n) is 2.75. The van der Waals surface area contributed by atoms with Crippen molar-refractivity contribution in [2.24, 2.45) is 0 Å². The third kappa shape index (κ3) is 2.54. The van der Waals surface area contributed by atoms with Gasteiger partial charge in [0.25, 0.3) is 0 Å². The monoisotopic (exact) mass is 268 g/mol. The van der Waals surface area contributed by atoms with Crippen molar-refractivity contribution in [3.63, 3.8) is 0 Å². The van der Waals surface area contributed by atoms with E-state index in [-0.39, 0.29) is 0 Å². The minimum absolute atomic E-state index is 0.592. The molecule has 0 amide bonds. The Kier molecular flexibility index (Phi) is 3.46. The minimum atomic E-state index is 0.592. The first kappa shape index (κ1) is 12.8. The molecule has 2 N–H and O–H groups in total. The van der Waals surface area contributed by atoms with Crippen LogP contribution in [0.2, 0.25) is 0 Å². The maximum absolute atomic E-state index is 5.72. The molecule has 3 rings (SSSR count). The van der Waals surface area contributed by atoms with Crippen LogP contribution >= 0.6 is 0 Å². The van der Waals surface area contributed by atoms with Crippen LogP contribution in [-0.2, 0) is 0 Å². The van der Waals surface area contributed by atoms with Gasteiger partial charge in [0.1, 0.15) is 5.82 Å². The van der Waals surface area contributed by atoms with Gasteiger partial charge in [-0.05, 0) is 30.7 Å². The number of piperazine rings is 1. The Morgan fingerprint density at radius 1 is 1.00 bits per heavy atom. The lowest BCUT2D eigenvalue weighted by atomic mass is 10.2. The van der Waals surface area contributed by atoms with Crippen molar-refractivity contribution in [3.8, 4) is 0 Å². The highest BCUT2D eigenvalue weighted by molar-refractivity contribution is 5.57. The van der Waals surface area contributed by atoms with E-state index in [1.54, 1.807) is 0 Å². The van der Waals surface area contributed by atoms with Crippen molar-refractivity contribution in [2.45, 2.75) is 6.92 Å². The molecule has 0 aliphatic carbocycles. The number of nitrogen functional groups attached to an aromatic ring is 1. The average Bonchev–Trinajstić information content (AvgIpc) is 2.48. The normalized spacial score (nSPS) is 15.4. The fourth-order valence-corrected chi connectivity index (χ4v) is 2.75. The largest absolute Gasteiger partial charge is 0.384 e. The Hall–Kier alpha value is -2.23. The summed E-state index contributed by atoms with van der Waals surface area (Å²) in [6.07, 6.45) is 1.89. The molecule has 4 nitrogen and oxygen atoms in total. The smallest absolute Gasteiger partial charge is 0.123 e. The molecule has 104 valence electrons. The van der Waals surface area contributed by atoms with Gasteiger partial charge in [-0.3, -0.25) is 0 Å². The van der Waals surface area contributed by atoms with Crippen LogP contribution < -0.4 is 15.5 Å². The number of hydrogen-bond acceptors (Lipinski definition) is 4. The summed E-state index contributed by atoms with van der Waals surface area (Å²) in [5.74, 6) is 0.592. The number of benzene rings is 1. The van der Waals surface area contributed by atoms with Gasteiger partial charge >= 0.3 is 0 Å². The van der Waals surface area contributed by atoms with Gasteiger partial charge in [-0.15, -0.1) is 0 Å². The highest BCUT2D eigenvalue weighted by Gasteiger charge is 2.18. The first-order valence-electron chi connectivity index (χ1n) is 7.01. The van der Waals surface area contributed by atoms with Crippen molar-refractivity contribution < 1.29 is 0 Å². The molecular weight excluding hydrogens is 248 g/mol. The minimum Gasteiger partial charge on any atom is -0.384 e. The van der Waals surface area contributed by atoms with E-state index in [2.05, 4.69) is 52.0 Å². The first-order chi connectivity index (χ1) is 9.74. The van der Waals surface area contributed by atoms with Gasteiger partial charge in [-0.25, -0.2) is 4.98 Å². The highest BCUT2D eigenvalue weighted by atomic mass is 15.3. The summed E-state index contributed by atoms with van der Waals surface area (Å²) in [4.78, 5) is 9.03. The molecule has 2 heterocycles. The lowest BCUT2D eigenvalue weighted by molar-refractivity contribution is 0.651. The second-order valence-electron chi connectivity index (χ2n) is 5.21. The van der Waals surface area contributed by atoms with Gasteiger partial charge in [0, 0.05) is 31.9 Å². The Morgan fingerprint density at radius 2 is 1.65 bits per heavy atom. The van der Waals surface area contributed by atoms with E-state index in [0.29, 0.717) is 5.82 Å². The third-order valence-corrected chi connectivity index (χ3v) is 3.85. The maximum Gasteiger partial charge on any atom is 0.123 e. The summed E-state index contributed by atoms with van der Waals surface area (Å²) in [5, 5.41) is 0. The number of hydrogen-bond donors (Lipinski definition) is 1. The zero-order valence-corrected chi connectivity index (χ0v) is 11.8. The number of rotatable bonds is 2. The summed E-state index contributed by atoms with van der Waals surface area (Å²) >= 11 is 0. The average molecular weight is 268 g/mol. The van der Waals surface area contributed by atoms with Crippen LogP contribution in [0.3, 0.4) is 0 Å². The van der Waals surface area contributed by atoms with Crippen LogP contribution in [0.5, 0.6) is 0 Å². The molecule has 1 aliphatic heterocycles. The van der Waals surface area contributed by atoms with Crippen LogP contribution in [0.25, 0.3) is 0 Å². The predicted octanol–water partition coefficient (Wildman–Crippen LogP) is 2.30. The van der Waals surface area contributed by atoms with E-state index in [4.69, 9.17) is 5.73 Å². The summed E-state index contributed by atoms with van der Waals surface area (Å²) in [7, 11) is 0. The Bertz CT molecular complexity index is 574. The number of anilines is 3. The zero-order chi connectivity index (χ0) is 13.9. The Morgan fingerprint density at radius 3 is 2.30 bits per heavy atom. The van der Waals surface area contributed by atoms with Crippen LogP contribution in [-0.4, -0.2) is 31.2 Å². The van der Waals surface area contributed by atoms with Crippen LogP contribution in [0.1, 0.15) is 5.56 Å². The van der Waals surface area contributed by atoms with Crippen molar-refractivity contribution in [1.82, 2.24) is 4.98 Å². The second-order valence-corrected chi connectivity index (χ2v) is 5.21. The molecule has 1 saturated heterocycles. The molecule has 0 spiro atoms. The highest BCUT2D eigenvalue weighted by Crippen LogP contribution is 2.23. The Labute approximate surface area is 119 Å². The SMILES string of the molecule is Cc1cc(N)ncc1N1CCN(c2ccccc2)CC1. The molecule has 0 bridgehead atoms. The zero-order valence-electron chi connectivity index (χ0n) is 11.8. The van der Waals surface area contributed by atoms with Gasteiger partial charge in [-0.2, -0.15) is 0 Å². The molecule has 0 unspecified atom stereocenters. The van der Waals surface area contributed by atoms with E-state index < -0.39 is 0 Å². The summed E-state index contributed by atoms with van der Waals surface area (Å²) in [5.41, 5.74) is 9.42. The summed E-state index contributed by atoms with van der Waals surface area (Å²) < 4.78 is 0. The van der Waals surface area contributed by atoms with Gasteiger partial charge in [0.05, 0.1) is 11.9 Å². The lowest BCUT2D eigenvalue weighted by Crippen LogP contribution is -2.46. The molecule has 0 saturated carbocycles. The number of para-hydroxylation sites is 1. The first-order valence-corrected chi connectivity index (χ1v) is 7.01. The quantitative estimate of drug-likeness (QED) is 0.907. The third-order valence-electron chi connectivity index (χ3n) is 3.85. The van der Waals surface area contributed by atoms with Gasteiger partial charge in [0.2, 0.25) is 0 Å². The van der Waals surface area contributed by atoms with E-state index in [1.165, 1.54) is 16.9 Å². The van der Waals surface area contributed by atoms with E-state index >= 15 is 0 Å². The molecule has 20 heavy (non-hydrogen) atoms. The van der Waals surface area contributed by atoms with Gasteiger partial charge in [-0.1, -0.05) is 18.2 Å². The second kappa shape index (κ2) is 5.41. The van der Waals surface area contributed by atoms with Crippen molar-refractivity contribution >= 4 is 17.2 Å². The molecule has 1 aromatic carbocycles. The topological polar surface area (TPSA) is 45.4 Å². The molecule has 1 aromatic heterocycles. The molecule has 0 radical (unpaired) electrons. The van der Waals surface area contributed by atoms with Gasteiger partial charge < -0.3 is 15.5 Å². The van der Waals surface area contributed by atoms with Crippen molar-refractivity contribution in [1.29, 1.82) is 0 Å². The molecule has 1 aliphatic rings. The maximum atomic E-state index is 5.72. The van der Waals surface area contributed by atoms with E-state index in [1.807, 2.05) is 12.3 Å². The predicted molar refractivity (Wildman–Crippen MR) is 84.3 cm³/mol.